The van der Waals surface area contributed by atoms with Gasteiger partial charge in [-0.2, -0.15) is 0 Å². The van der Waals surface area contributed by atoms with Crippen molar-refractivity contribution < 1.29 is 0 Å². The Kier molecular flexibility index (Phi) is 3.11. The van der Waals surface area contributed by atoms with Gasteiger partial charge in [0, 0.05) is 24.2 Å². The van der Waals surface area contributed by atoms with Crippen LogP contribution in [0.25, 0.3) is 0 Å². The third-order valence-electron chi connectivity index (χ3n) is 2.29. The van der Waals surface area contributed by atoms with Gasteiger partial charge in [0.2, 0.25) is 0 Å². The van der Waals surface area contributed by atoms with Gasteiger partial charge in [0.1, 0.15) is 5.01 Å². The molecule has 1 aromatic heterocycles. The average molecular weight is 194 g/mol. The molecule has 13 heavy (non-hydrogen) atoms. The number of aromatic nitrogens is 1. The largest absolute Gasteiger partial charge is 0.307 e. The van der Waals surface area contributed by atoms with Crippen LogP contribution in [0.5, 0.6) is 0 Å². The molecule has 70 valence electrons. The predicted molar refractivity (Wildman–Crippen MR) is 55.7 cm³/mol. The maximum atomic E-state index is 4.24. The van der Waals surface area contributed by atoms with E-state index < -0.39 is 0 Å². The number of hydrogen-bond donors (Lipinski definition) is 1. The molecule has 0 radical (unpaired) electrons. The fourth-order valence-electron chi connectivity index (χ4n) is 1.55. The van der Waals surface area contributed by atoms with E-state index in [2.05, 4.69) is 22.5 Å². The summed E-state index contributed by atoms with van der Waals surface area (Å²) in [6, 6.07) is 0.661. The van der Waals surface area contributed by atoms with Crippen LogP contribution in [0.15, 0.2) is 23.7 Å². The van der Waals surface area contributed by atoms with E-state index in [1.165, 1.54) is 24.3 Å². The van der Waals surface area contributed by atoms with E-state index in [4.69, 9.17) is 0 Å². The van der Waals surface area contributed by atoms with Crippen LogP contribution in [-0.2, 0) is 6.54 Å². The summed E-state index contributed by atoms with van der Waals surface area (Å²) in [6.45, 7) is 0.927. The van der Waals surface area contributed by atoms with Crippen molar-refractivity contribution in [2.24, 2.45) is 0 Å². The maximum Gasteiger partial charge on any atom is 0.106 e. The van der Waals surface area contributed by atoms with Crippen molar-refractivity contribution >= 4 is 11.3 Å². The molecule has 1 heterocycles. The van der Waals surface area contributed by atoms with Gasteiger partial charge in [0.05, 0.1) is 0 Å². The van der Waals surface area contributed by atoms with Crippen LogP contribution in [0.4, 0.5) is 0 Å². The first-order chi connectivity index (χ1) is 6.45. The Hall–Kier alpha value is -0.670. The molecule has 0 aromatic carbocycles. The molecule has 0 spiro atoms. The molecule has 1 unspecified atom stereocenters. The summed E-state index contributed by atoms with van der Waals surface area (Å²) >= 11 is 1.72. The highest BCUT2D eigenvalue weighted by molar-refractivity contribution is 7.09. The lowest BCUT2D eigenvalue weighted by Crippen LogP contribution is -2.29. The summed E-state index contributed by atoms with van der Waals surface area (Å²) in [7, 11) is 0. The van der Waals surface area contributed by atoms with E-state index in [9.17, 15) is 0 Å². The zero-order chi connectivity index (χ0) is 8.93. The van der Waals surface area contributed by atoms with E-state index in [0.717, 1.165) is 6.54 Å². The van der Waals surface area contributed by atoms with Gasteiger partial charge in [-0.15, -0.1) is 11.3 Å². The van der Waals surface area contributed by atoms with Crippen LogP contribution < -0.4 is 5.32 Å². The van der Waals surface area contributed by atoms with Gasteiger partial charge in [-0.3, -0.25) is 0 Å². The highest BCUT2D eigenvalue weighted by Crippen LogP contribution is 2.11. The van der Waals surface area contributed by atoms with E-state index in [0.29, 0.717) is 6.04 Å². The molecule has 0 fully saturated rings. The van der Waals surface area contributed by atoms with E-state index in [1.807, 2.05) is 11.6 Å². The summed E-state index contributed by atoms with van der Waals surface area (Å²) in [6.07, 6.45) is 10.1. The van der Waals surface area contributed by atoms with Crippen LogP contribution in [0.1, 0.15) is 24.3 Å². The summed E-state index contributed by atoms with van der Waals surface area (Å²) in [5.74, 6) is 0. The zero-order valence-corrected chi connectivity index (χ0v) is 8.39. The van der Waals surface area contributed by atoms with Gasteiger partial charge in [-0.25, -0.2) is 4.98 Å². The maximum absolute atomic E-state index is 4.24. The van der Waals surface area contributed by atoms with Crippen molar-refractivity contribution in [2.75, 3.05) is 0 Å². The minimum atomic E-state index is 0.661. The molecule has 2 rings (SSSR count). The average Bonchev–Trinajstić information content (AvgIpc) is 2.69. The molecule has 1 N–H and O–H groups in total. The summed E-state index contributed by atoms with van der Waals surface area (Å²) < 4.78 is 0. The second-order valence-electron chi connectivity index (χ2n) is 3.29. The van der Waals surface area contributed by atoms with Gasteiger partial charge in [-0.05, 0) is 19.3 Å². The van der Waals surface area contributed by atoms with Gasteiger partial charge in [0.15, 0.2) is 0 Å². The number of nitrogens with one attached hydrogen (secondary N) is 1. The molecule has 1 atom stereocenters. The van der Waals surface area contributed by atoms with E-state index >= 15 is 0 Å². The molecule has 0 saturated heterocycles. The number of rotatable bonds is 3. The van der Waals surface area contributed by atoms with Crippen molar-refractivity contribution in [3.63, 3.8) is 0 Å². The number of allylic oxidation sites excluding steroid dienone is 1. The Bertz CT molecular complexity index is 266. The summed E-state index contributed by atoms with van der Waals surface area (Å²) in [5.41, 5.74) is 0. The molecule has 0 aliphatic heterocycles. The zero-order valence-electron chi connectivity index (χ0n) is 7.57. The van der Waals surface area contributed by atoms with Gasteiger partial charge >= 0.3 is 0 Å². The number of hydrogen-bond acceptors (Lipinski definition) is 3. The van der Waals surface area contributed by atoms with Crippen LogP contribution in [0, 0.1) is 0 Å². The molecule has 1 aliphatic carbocycles. The van der Waals surface area contributed by atoms with Crippen molar-refractivity contribution in [1.82, 2.24) is 10.3 Å². The molecular formula is C10H14N2S. The second kappa shape index (κ2) is 4.53. The first-order valence-electron chi connectivity index (χ1n) is 4.72. The van der Waals surface area contributed by atoms with Crippen LogP contribution in [0.3, 0.4) is 0 Å². The molecule has 0 saturated carbocycles. The summed E-state index contributed by atoms with van der Waals surface area (Å²) in [4.78, 5) is 4.24. The molecule has 1 aliphatic rings. The molecular weight excluding hydrogens is 180 g/mol. The highest BCUT2D eigenvalue weighted by atomic mass is 32.1. The van der Waals surface area contributed by atoms with Crippen LogP contribution in [-0.4, -0.2) is 11.0 Å². The van der Waals surface area contributed by atoms with Crippen molar-refractivity contribution in [3.05, 3.63) is 28.7 Å². The minimum absolute atomic E-state index is 0.661. The summed E-state index contributed by atoms with van der Waals surface area (Å²) in [5, 5.41) is 6.74. The monoisotopic (exact) mass is 194 g/mol. The highest BCUT2D eigenvalue weighted by Gasteiger charge is 2.08. The van der Waals surface area contributed by atoms with Crippen molar-refractivity contribution in [3.8, 4) is 0 Å². The fourth-order valence-corrected chi connectivity index (χ4v) is 2.12. The van der Waals surface area contributed by atoms with Gasteiger partial charge in [0.25, 0.3) is 0 Å². The third kappa shape index (κ3) is 2.64. The van der Waals surface area contributed by atoms with Gasteiger partial charge < -0.3 is 5.32 Å². The standard InChI is InChI=1S/C10H14N2S/c1-2-4-9(5-3-1)12-8-10-11-6-7-13-10/h1-2,6-7,9,12H,3-5,8H2. The first-order valence-corrected chi connectivity index (χ1v) is 5.60. The van der Waals surface area contributed by atoms with Crippen LogP contribution >= 0.6 is 11.3 Å². The minimum Gasteiger partial charge on any atom is -0.307 e. The fraction of sp³-hybridized carbons (Fsp3) is 0.500. The molecule has 3 heteroatoms. The van der Waals surface area contributed by atoms with Crippen molar-refractivity contribution in [1.29, 1.82) is 0 Å². The van der Waals surface area contributed by atoms with E-state index in [1.54, 1.807) is 11.3 Å². The molecule has 1 aromatic rings. The Morgan fingerprint density at radius 1 is 1.54 bits per heavy atom. The number of nitrogens with zero attached hydrogens (tertiary/aromatic N) is 1. The lowest BCUT2D eigenvalue weighted by molar-refractivity contribution is 0.474. The lowest BCUT2D eigenvalue weighted by Gasteiger charge is -2.18. The SMILES string of the molecule is C1=CCC(NCc2nccs2)CC1. The smallest absolute Gasteiger partial charge is 0.106 e. The topological polar surface area (TPSA) is 24.9 Å². The van der Waals surface area contributed by atoms with Gasteiger partial charge in [-0.1, -0.05) is 12.2 Å². The van der Waals surface area contributed by atoms with E-state index in [-0.39, 0.29) is 0 Å². The van der Waals surface area contributed by atoms with Crippen LogP contribution in [0.2, 0.25) is 0 Å². The molecule has 0 amide bonds. The Morgan fingerprint density at radius 2 is 2.54 bits per heavy atom. The lowest BCUT2D eigenvalue weighted by atomic mass is 10.0. The normalized spacial score (nSPS) is 22.0. The second-order valence-corrected chi connectivity index (χ2v) is 4.27. The quantitative estimate of drug-likeness (QED) is 0.747. The molecule has 0 bridgehead atoms. The Morgan fingerprint density at radius 3 is 3.23 bits per heavy atom. The van der Waals surface area contributed by atoms with Crippen molar-refractivity contribution in [2.45, 2.75) is 31.8 Å². The first kappa shape index (κ1) is 8.91. The Labute approximate surface area is 82.7 Å². The predicted octanol–water partition coefficient (Wildman–Crippen LogP) is 2.34. The number of thiazole rings is 1. The Balaban J connectivity index is 1.76. The third-order valence-corrected chi connectivity index (χ3v) is 3.07. The molecule has 2 nitrogen and oxygen atoms in total.